The molecule has 0 N–H and O–H groups in total. The Bertz CT molecular complexity index is 4350. The van der Waals surface area contributed by atoms with Crippen LogP contribution < -0.4 is 0 Å². The van der Waals surface area contributed by atoms with Crippen LogP contribution in [0.2, 0.25) is 0 Å². The zero-order valence-corrected chi connectivity index (χ0v) is 42.9. The first kappa shape index (κ1) is 46.9. The van der Waals surface area contributed by atoms with E-state index in [0.29, 0.717) is 5.71 Å². The summed E-state index contributed by atoms with van der Waals surface area (Å²) in [4.78, 5) is 19.0. The normalized spacial score (nSPS) is 11.3. The summed E-state index contributed by atoms with van der Waals surface area (Å²) in [5.74, 6) is 0. The minimum absolute atomic E-state index is 0.566. The molecule has 0 fully saturated rings. The standard InChI is InChI=1S/C74H48N4O/c1-2-15-49(16-3-1)50-26-28-53(29-27-50)68-48-56(71-41-40-67-73-72(25-14-44-77-73)79-74(67)78-71)38-39-66(68)65-22-9-8-21-64(65)59-46-57(62-19-6-4-17-60(62)51-30-34-54(35-31-51)69-23-10-12-42-75-69)45-58(47-59)63-20-7-5-18-61(63)52-32-36-55(37-33-52)70-24-11-13-43-76-70/h1-48H. The Labute approximate surface area is 458 Å². The summed E-state index contributed by atoms with van der Waals surface area (Å²) in [5.41, 5.74) is 26.0. The fourth-order valence-electron chi connectivity index (χ4n) is 11.0. The van der Waals surface area contributed by atoms with E-state index in [1.54, 1.807) is 6.20 Å². The van der Waals surface area contributed by atoms with Gasteiger partial charge in [0.25, 0.3) is 0 Å². The molecule has 0 aliphatic heterocycles. The molecule has 5 heterocycles. The van der Waals surface area contributed by atoms with Crippen molar-refractivity contribution >= 4 is 22.2 Å². The van der Waals surface area contributed by atoms with Crippen LogP contribution in [0.4, 0.5) is 0 Å². The first-order valence-corrected chi connectivity index (χ1v) is 26.6. The summed E-state index contributed by atoms with van der Waals surface area (Å²) in [7, 11) is 0. The summed E-state index contributed by atoms with van der Waals surface area (Å²) in [6.07, 6.45) is 5.48. The molecule has 14 rings (SSSR count). The van der Waals surface area contributed by atoms with Gasteiger partial charge in [-0.1, -0.05) is 200 Å². The molecule has 0 unspecified atom stereocenters. The van der Waals surface area contributed by atoms with Crippen molar-refractivity contribution in [3.05, 3.63) is 292 Å². The van der Waals surface area contributed by atoms with Gasteiger partial charge in [0.15, 0.2) is 5.58 Å². The predicted molar refractivity (Wildman–Crippen MR) is 325 cm³/mol. The molecule has 0 spiro atoms. The van der Waals surface area contributed by atoms with Gasteiger partial charge in [-0.05, 0) is 162 Å². The molecule has 0 saturated heterocycles. The molecule has 0 amide bonds. The molecule has 9 aromatic carbocycles. The fraction of sp³-hybridized carbons (Fsp3) is 0. The van der Waals surface area contributed by atoms with Gasteiger partial charge in [0.1, 0.15) is 5.52 Å². The van der Waals surface area contributed by atoms with Gasteiger partial charge in [-0.2, -0.15) is 0 Å². The van der Waals surface area contributed by atoms with Crippen molar-refractivity contribution in [2.75, 3.05) is 0 Å². The monoisotopic (exact) mass is 1010 g/mol. The van der Waals surface area contributed by atoms with Crippen molar-refractivity contribution < 1.29 is 4.42 Å². The Morgan fingerprint density at radius 1 is 0.228 bits per heavy atom. The van der Waals surface area contributed by atoms with Crippen LogP contribution in [-0.2, 0) is 0 Å². The molecule has 0 bridgehead atoms. The lowest BCUT2D eigenvalue weighted by molar-refractivity contribution is 0.654. The third kappa shape index (κ3) is 9.15. The van der Waals surface area contributed by atoms with Crippen LogP contribution >= 0.6 is 0 Å². The van der Waals surface area contributed by atoms with Crippen molar-refractivity contribution in [1.82, 2.24) is 19.9 Å². The summed E-state index contributed by atoms with van der Waals surface area (Å²) < 4.78 is 6.25. The summed E-state index contributed by atoms with van der Waals surface area (Å²) >= 11 is 0. The van der Waals surface area contributed by atoms with E-state index in [2.05, 4.69) is 252 Å². The first-order valence-electron chi connectivity index (χ1n) is 26.6. The van der Waals surface area contributed by atoms with Crippen molar-refractivity contribution in [3.8, 4) is 123 Å². The van der Waals surface area contributed by atoms with E-state index < -0.39 is 0 Å². The third-order valence-corrected chi connectivity index (χ3v) is 15.0. The number of rotatable bonds is 11. The van der Waals surface area contributed by atoms with E-state index in [-0.39, 0.29) is 0 Å². The number of aromatic nitrogens is 4. The van der Waals surface area contributed by atoms with Crippen molar-refractivity contribution in [2.24, 2.45) is 0 Å². The third-order valence-electron chi connectivity index (χ3n) is 15.0. The van der Waals surface area contributed by atoms with Gasteiger partial charge in [-0.25, -0.2) is 4.98 Å². The zero-order chi connectivity index (χ0) is 52.5. The second kappa shape index (κ2) is 20.5. The average Bonchev–Trinajstić information content (AvgIpc) is 4.01. The Balaban J connectivity index is 0.941. The van der Waals surface area contributed by atoms with E-state index in [1.807, 2.05) is 48.8 Å². The average molecular weight is 1010 g/mol. The Kier molecular flexibility index (Phi) is 12.2. The van der Waals surface area contributed by atoms with Crippen LogP contribution in [0.1, 0.15) is 0 Å². The molecule has 0 aliphatic carbocycles. The van der Waals surface area contributed by atoms with Crippen LogP contribution in [0.25, 0.3) is 145 Å². The Morgan fingerprint density at radius 2 is 0.646 bits per heavy atom. The number of benzene rings is 9. The summed E-state index contributed by atoms with van der Waals surface area (Å²) in [6.45, 7) is 0. The van der Waals surface area contributed by atoms with Gasteiger partial charge in [0.05, 0.1) is 22.5 Å². The molecule has 0 saturated carbocycles. The van der Waals surface area contributed by atoms with E-state index >= 15 is 0 Å². The molecular weight excluding hydrogens is 961 g/mol. The number of hydrogen-bond donors (Lipinski definition) is 0. The molecule has 5 heteroatoms. The van der Waals surface area contributed by atoms with E-state index in [1.165, 1.54) is 5.56 Å². The Hall–Kier alpha value is -10.6. The van der Waals surface area contributed by atoms with Gasteiger partial charge >= 0.3 is 0 Å². The molecule has 370 valence electrons. The van der Waals surface area contributed by atoms with E-state index in [4.69, 9.17) is 9.40 Å². The molecule has 0 atom stereocenters. The highest BCUT2D eigenvalue weighted by Gasteiger charge is 2.20. The lowest BCUT2D eigenvalue weighted by Crippen LogP contribution is -1.94. The number of pyridine rings is 4. The minimum Gasteiger partial charge on any atom is -0.436 e. The van der Waals surface area contributed by atoms with Gasteiger partial charge in [-0.15, -0.1) is 0 Å². The maximum absolute atomic E-state index is 6.25. The maximum Gasteiger partial charge on any atom is 0.229 e. The van der Waals surface area contributed by atoms with Crippen molar-refractivity contribution in [2.45, 2.75) is 0 Å². The minimum atomic E-state index is 0.566. The lowest BCUT2D eigenvalue weighted by Gasteiger charge is -2.19. The van der Waals surface area contributed by atoms with Crippen LogP contribution in [0.3, 0.4) is 0 Å². The SMILES string of the molecule is c1ccc(-c2ccc(-c3cc(-c4ccc5c(n4)oc4cccnc45)ccc3-c3ccccc3-c3cc(-c4ccccc4-c4ccc(-c5ccccn5)cc4)cc(-c4ccccc4-c4ccc(-c5ccccn5)cc4)c3)cc2)cc1. The zero-order valence-electron chi connectivity index (χ0n) is 42.9. The summed E-state index contributed by atoms with van der Waals surface area (Å²) in [5, 5.41) is 0.894. The number of nitrogens with zero attached hydrogens (tertiary/aromatic N) is 4. The van der Waals surface area contributed by atoms with Crippen LogP contribution in [0, 0.1) is 0 Å². The molecule has 0 radical (unpaired) electrons. The number of furan rings is 1. The van der Waals surface area contributed by atoms with Crippen LogP contribution in [0.15, 0.2) is 296 Å². The molecule has 5 aromatic heterocycles. The largest absolute Gasteiger partial charge is 0.436 e. The van der Waals surface area contributed by atoms with Gasteiger partial charge in [0.2, 0.25) is 5.71 Å². The second-order valence-corrected chi connectivity index (χ2v) is 19.7. The first-order chi connectivity index (χ1) is 39.1. The topological polar surface area (TPSA) is 64.7 Å². The highest BCUT2D eigenvalue weighted by atomic mass is 16.3. The molecule has 5 nitrogen and oxygen atoms in total. The number of hydrogen-bond acceptors (Lipinski definition) is 5. The highest BCUT2D eigenvalue weighted by Crippen LogP contribution is 2.45. The molecule has 79 heavy (non-hydrogen) atoms. The lowest BCUT2D eigenvalue weighted by atomic mass is 9.84. The van der Waals surface area contributed by atoms with Crippen molar-refractivity contribution in [1.29, 1.82) is 0 Å². The highest BCUT2D eigenvalue weighted by molar-refractivity contribution is 6.02. The van der Waals surface area contributed by atoms with Gasteiger partial charge in [0, 0.05) is 35.3 Å². The molecule has 0 aliphatic rings. The smallest absolute Gasteiger partial charge is 0.229 e. The molecule has 14 aromatic rings. The van der Waals surface area contributed by atoms with E-state index in [9.17, 15) is 0 Å². The molecular formula is C74H48N4O. The summed E-state index contributed by atoms with van der Waals surface area (Å²) in [6, 6.07) is 97.3. The van der Waals surface area contributed by atoms with Crippen LogP contribution in [0.5, 0.6) is 0 Å². The van der Waals surface area contributed by atoms with E-state index in [0.717, 1.165) is 134 Å². The van der Waals surface area contributed by atoms with Gasteiger partial charge < -0.3 is 4.42 Å². The second-order valence-electron chi connectivity index (χ2n) is 19.7. The fourth-order valence-corrected chi connectivity index (χ4v) is 11.0. The number of fused-ring (bicyclic) bond motifs is 3. The Morgan fingerprint density at radius 3 is 1.19 bits per heavy atom. The van der Waals surface area contributed by atoms with Crippen LogP contribution in [-0.4, -0.2) is 19.9 Å². The maximum atomic E-state index is 6.25. The van der Waals surface area contributed by atoms with Crippen molar-refractivity contribution in [3.63, 3.8) is 0 Å². The predicted octanol–water partition coefficient (Wildman–Crippen LogP) is 19.5. The quantitative estimate of drug-likeness (QED) is 0.129. The van der Waals surface area contributed by atoms with Gasteiger partial charge in [-0.3, -0.25) is 15.0 Å².